The van der Waals surface area contributed by atoms with E-state index in [2.05, 4.69) is 38.6 Å². The molecule has 0 atom stereocenters. The van der Waals surface area contributed by atoms with E-state index in [0.29, 0.717) is 11.4 Å². The normalized spacial score (nSPS) is 14.8. The summed E-state index contributed by atoms with van der Waals surface area (Å²) in [5, 5.41) is 11.4. The molecule has 2 N–H and O–H groups in total. The Morgan fingerprint density at radius 1 is 1.11 bits per heavy atom. The fourth-order valence-corrected chi connectivity index (χ4v) is 3.82. The van der Waals surface area contributed by atoms with Crippen LogP contribution in [-0.2, 0) is 11.2 Å². The van der Waals surface area contributed by atoms with Crippen molar-refractivity contribution in [1.82, 2.24) is 15.5 Å². The number of carbonyl (C=O) groups excluding carboxylic acids is 1. The van der Waals surface area contributed by atoms with Gasteiger partial charge in [-0.15, -0.1) is 0 Å². The molecule has 2 aromatic carbocycles. The highest BCUT2D eigenvalue weighted by molar-refractivity contribution is 6.30. The van der Waals surface area contributed by atoms with E-state index in [1.54, 1.807) is 0 Å². The van der Waals surface area contributed by atoms with E-state index in [1.165, 1.54) is 0 Å². The molecule has 0 spiro atoms. The van der Waals surface area contributed by atoms with Crippen molar-refractivity contribution in [3.63, 3.8) is 0 Å². The van der Waals surface area contributed by atoms with E-state index in [0.717, 1.165) is 48.6 Å². The van der Waals surface area contributed by atoms with Gasteiger partial charge < -0.3 is 10.2 Å². The van der Waals surface area contributed by atoms with Crippen molar-refractivity contribution < 1.29 is 4.79 Å². The number of anilines is 1. The number of halogens is 1. The van der Waals surface area contributed by atoms with Crippen LogP contribution in [0.1, 0.15) is 18.4 Å². The first-order valence-corrected chi connectivity index (χ1v) is 9.95. The van der Waals surface area contributed by atoms with Gasteiger partial charge in [0, 0.05) is 30.2 Å². The fraction of sp³-hybridized carbons (Fsp3) is 0.273. The predicted molar refractivity (Wildman–Crippen MR) is 113 cm³/mol. The summed E-state index contributed by atoms with van der Waals surface area (Å²) in [5.41, 5.74) is 3.09. The number of piperidine rings is 1. The summed E-state index contributed by atoms with van der Waals surface area (Å²) < 4.78 is 0. The molecule has 0 aliphatic carbocycles. The number of aromatic amines is 1. The minimum atomic E-state index is 0.0480. The van der Waals surface area contributed by atoms with E-state index in [-0.39, 0.29) is 11.9 Å². The molecule has 0 radical (unpaired) electrons. The Labute approximate surface area is 169 Å². The monoisotopic (exact) mass is 394 g/mol. The van der Waals surface area contributed by atoms with Gasteiger partial charge in [-0.1, -0.05) is 54.1 Å². The Kier molecular flexibility index (Phi) is 5.63. The maximum atomic E-state index is 12.3. The van der Waals surface area contributed by atoms with Crippen LogP contribution >= 0.6 is 11.6 Å². The first kappa shape index (κ1) is 18.6. The van der Waals surface area contributed by atoms with Crippen molar-refractivity contribution in [1.29, 1.82) is 0 Å². The molecule has 1 aromatic heterocycles. The van der Waals surface area contributed by atoms with E-state index in [1.807, 2.05) is 42.5 Å². The number of benzene rings is 2. The molecule has 0 unspecified atom stereocenters. The lowest BCUT2D eigenvalue weighted by Gasteiger charge is -2.32. The number of aromatic nitrogens is 2. The summed E-state index contributed by atoms with van der Waals surface area (Å²) in [6.07, 6.45) is 2.18. The standard InChI is InChI=1S/C22H23ClN4O/c23-18-8-4-5-16(13-18)14-22(28)24-19-9-11-27(12-10-19)21-15-20(25-26-21)17-6-2-1-3-7-17/h1-8,13,15,19H,9-12,14H2,(H,24,28)(H,25,26). The Balaban J connectivity index is 1.29. The van der Waals surface area contributed by atoms with E-state index >= 15 is 0 Å². The molecule has 2 heterocycles. The van der Waals surface area contributed by atoms with Crippen molar-refractivity contribution in [2.45, 2.75) is 25.3 Å². The maximum absolute atomic E-state index is 12.3. The van der Waals surface area contributed by atoms with Gasteiger partial charge in [-0.3, -0.25) is 9.89 Å². The molecule has 1 saturated heterocycles. The molecule has 0 saturated carbocycles. The molecule has 1 fully saturated rings. The third kappa shape index (κ3) is 4.54. The molecule has 1 aliphatic rings. The first-order chi connectivity index (χ1) is 13.7. The summed E-state index contributed by atoms with van der Waals surface area (Å²) in [5.74, 6) is 1.01. The van der Waals surface area contributed by atoms with E-state index in [9.17, 15) is 4.79 Å². The number of hydrogen-bond acceptors (Lipinski definition) is 3. The van der Waals surface area contributed by atoms with E-state index < -0.39 is 0 Å². The molecule has 0 bridgehead atoms. The molecular formula is C22H23ClN4O. The summed E-state index contributed by atoms with van der Waals surface area (Å²) in [7, 11) is 0. The highest BCUT2D eigenvalue weighted by Crippen LogP contribution is 2.24. The van der Waals surface area contributed by atoms with Crippen molar-refractivity contribution in [3.05, 3.63) is 71.2 Å². The Morgan fingerprint density at radius 3 is 2.64 bits per heavy atom. The summed E-state index contributed by atoms with van der Waals surface area (Å²) in [6, 6.07) is 19.9. The third-order valence-corrected chi connectivity index (χ3v) is 5.32. The van der Waals surface area contributed by atoms with Crippen LogP contribution in [0.25, 0.3) is 11.3 Å². The molecule has 1 aliphatic heterocycles. The van der Waals surface area contributed by atoms with Gasteiger partial charge in [0.15, 0.2) is 5.82 Å². The minimum Gasteiger partial charge on any atom is -0.355 e. The van der Waals surface area contributed by atoms with Crippen molar-refractivity contribution in [2.75, 3.05) is 18.0 Å². The number of H-pyrrole nitrogens is 1. The number of carbonyl (C=O) groups is 1. The average Bonchev–Trinajstić information content (AvgIpc) is 3.19. The lowest BCUT2D eigenvalue weighted by atomic mass is 10.0. The van der Waals surface area contributed by atoms with Crippen LogP contribution in [0.2, 0.25) is 5.02 Å². The zero-order valence-electron chi connectivity index (χ0n) is 15.6. The second kappa shape index (κ2) is 8.48. The molecule has 6 heteroatoms. The number of amides is 1. The number of nitrogens with one attached hydrogen (secondary N) is 2. The largest absolute Gasteiger partial charge is 0.355 e. The van der Waals surface area contributed by atoms with Gasteiger partial charge in [0.1, 0.15) is 0 Å². The van der Waals surface area contributed by atoms with Crippen LogP contribution in [0, 0.1) is 0 Å². The van der Waals surface area contributed by atoms with Crippen LogP contribution in [0.15, 0.2) is 60.7 Å². The number of nitrogens with zero attached hydrogens (tertiary/aromatic N) is 2. The zero-order chi connectivity index (χ0) is 19.3. The van der Waals surface area contributed by atoms with Crippen LogP contribution in [0.4, 0.5) is 5.82 Å². The molecular weight excluding hydrogens is 372 g/mol. The average molecular weight is 395 g/mol. The molecule has 3 aromatic rings. The first-order valence-electron chi connectivity index (χ1n) is 9.57. The van der Waals surface area contributed by atoms with Gasteiger partial charge in [-0.05, 0) is 36.1 Å². The molecule has 1 amide bonds. The topological polar surface area (TPSA) is 61.0 Å². The quantitative estimate of drug-likeness (QED) is 0.686. The molecule has 28 heavy (non-hydrogen) atoms. The molecule has 5 nitrogen and oxygen atoms in total. The van der Waals surface area contributed by atoms with Crippen LogP contribution in [0.3, 0.4) is 0 Å². The second-order valence-corrected chi connectivity index (χ2v) is 7.58. The summed E-state index contributed by atoms with van der Waals surface area (Å²) in [4.78, 5) is 14.6. The number of hydrogen-bond donors (Lipinski definition) is 2. The van der Waals surface area contributed by atoms with Gasteiger partial charge in [0.05, 0.1) is 12.1 Å². The van der Waals surface area contributed by atoms with Crippen LogP contribution in [0.5, 0.6) is 0 Å². The third-order valence-electron chi connectivity index (χ3n) is 5.09. The summed E-state index contributed by atoms with van der Waals surface area (Å²) in [6.45, 7) is 1.75. The lowest BCUT2D eigenvalue weighted by molar-refractivity contribution is -0.121. The molecule has 144 valence electrons. The number of rotatable bonds is 5. The fourth-order valence-electron chi connectivity index (χ4n) is 3.60. The van der Waals surface area contributed by atoms with Crippen LogP contribution in [-0.4, -0.2) is 35.2 Å². The highest BCUT2D eigenvalue weighted by Gasteiger charge is 2.22. The molecule has 4 rings (SSSR count). The maximum Gasteiger partial charge on any atom is 0.224 e. The second-order valence-electron chi connectivity index (χ2n) is 7.14. The van der Waals surface area contributed by atoms with E-state index in [4.69, 9.17) is 11.6 Å². The Hall–Kier alpha value is -2.79. The Morgan fingerprint density at radius 2 is 1.89 bits per heavy atom. The van der Waals surface area contributed by atoms with Crippen molar-refractivity contribution in [2.24, 2.45) is 0 Å². The van der Waals surface area contributed by atoms with Gasteiger partial charge in [-0.2, -0.15) is 5.10 Å². The van der Waals surface area contributed by atoms with Gasteiger partial charge in [0.2, 0.25) is 5.91 Å². The Bertz CT molecular complexity index is 932. The van der Waals surface area contributed by atoms with Crippen molar-refractivity contribution in [3.8, 4) is 11.3 Å². The van der Waals surface area contributed by atoms with Crippen LogP contribution < -0.4 is 10.2 Å². The van der Waals surface area contributed by atoms with Crippen molar-refractivity contribution >= 4 is 23.3 Å². The lowest BCUT2D eigenvalue weighted by Crippen LogP contribution is -2.45. The smallest absolute Gasteiger partial charge is 0.224 e. The predicted octanol–water partition coefficient (Wildman–Crippen LogP) is 4.06. The van der Waals surface area contributed by atoms with Gasteiger partial charge in [0.25, 0.3) is 0 Å². The minimum absolute atomic E-state index is 0.0480. The summed E-state index contributed by atoms with van der Waals surface area (Å²) >= 11 is 5.99. The highest BCUT2D eigenvalue weighted by atomic mass is 35.5. The van der Waals surface area contributed by atoms with Gasteiger partial charge >= 0.3 is 0 Å². The zero-order valence-corrected chi connectivity index (χ0v) is 16.3. The SMILES string of the molecule is O=C(Cc1cccc(Cl)c1)NC1CCN(c2cc(-c3ccccc3)[nH]n2)CC1. The van der Waals surface area contributed by atoms with Gasteiger partial charge in [-0.25, -0.2) is 0 Å².